The lowest BCUT2D eigenvalue weighted by atomic mass is 9.84. The Morgan fingerprint density at radius 1 is 1.24 bits per heavy atom. The molecule has 0 spiro atoms. The van der Waals surface area contributed by atoms with Gasteiger partial charge in [0.2, 0.25) is 0 Å². The van der Waals surface area contributed by atoms with Crippen LogP contribution in [-0.4, -0.2) is 12.5 Å². The molecule has 0 unspecified atom stereocenters. The van der Waals surface area contributed by atoms with E-state index in [-0.39, 0.29) is 0 Å². The number of alkyl halides is 1. The third-order valence-corrected chi connectivity index (χ3v) is 5.43. The molecule has 1 aliphatic carbocycles. The second kappa shape index (κ2) is 8.59. The van der Waals surface area contributed by atoms with Gasteiger partial charge in [-0.1, -0.05) is 30.9 Å². The van der Waals surface area contributed by atoms with E-state index < -0.39 is 0 Å². The van der Waals surface area contributed by atoms with Gasteiger partial charge in [0.05, 0.1) is 15.6 Å². The van der Waals surface area contributed by atoms with Gasteiger partial charge < -0.3 is 4.74 Å². The van der Waals surface area contributed by atoms with Crippen LogP contribution in [0.15, 0.2) is 26.7 Å². The number of hydrogen-bond donors (Lipinski definition) is 0. The molecule has 1 nitrogen and oxygen atoms in total. The van der Waals surface area contributed by atoms with Gasteiger partial charge in [-0.3, -0.25) is 0 Å². The van der Waals surface area contributed by atoms with Crippen molar-refractivity contribution in [3.63, 3.8) is 0 Å². The van der Waals surface area contributed by atoms with Crippen molar-refractivity contribution in [3.8, 4) is 5.75 Å². The Labute approximate surface area is 149 Å². The molecule has 1 aromatic rings. The zero-order valence-corrected chi connectivity index (χ0v) is 16.2. The summed E-state index contributed by atoms with van der Waals surface area (Å²) in [7, 11) is 0. The van der Waals surface area contributed by atoms with Crippen molar-refractivity contribution in [1.29, 1.82) is 0 Å². The molecule has 0 aromatic heterocycles. The van der Waals surface area contributed by atoms with Crippen molar-refractivity contribution in [3.05, 3.63) is 32.2 Å². The predicted octanol–water partition coefficient (Wildman–Crippen LogP) is 6.81. The highest BCUT2D eigenvalue weighted by Gasteiger charge is 2.17. The maximum atomic E-state index is 6.19. The summed E-state index contributed by atoms with van der Waals surface area (Å²) in [5, 5.41) is 0. The van der Waals surface area contributed by atoms with Crippen LogP contribution in [0, 0.1) is 5.92 Å². The lowest BCUT2D eigenvalue weighted by Gasteiger charge is -2.23. The third-order valence-electron chi connectivity index (χ3n) is 3.95. The largest absolute Gasteiger partial charge is 0.492 e. The summed E-state index contributed by atoms with van der Waals surface area (Å²) < 4.78 is 7.58. The van der Waals surface area contributed by atoms with Crippen molar-refractivity contribution >= 4 is 49.5 Å². The number of allylic oxidation sites excluding steroid dienone is 1. The first-order valence-corrected chi connectivity index (χ1v) is 9.66. The van der Waals surface area contributed by atoms with Crippen LogP contribution in [-0.2, 0) is 0 Å². The number of ether oxygens (including phenoxy) is 1. The Bertz CT molecular complexity index is 485. The van der Waals surface area contributed by atoms with Crippen LogP contribution in [0.25, 0.3) is 6.08 Å². The molecule has 21 heavy (non-hydrogen) atoms. The molecule has 4 heteroatoms. The van der Waals surface area contributed by atoms with E-state index in [1.807, 2.05) is 6.92 Å². The molecule has 0 atom stereocenters. The van der Waals surface area contributed by atoms with Crippen LogP contribution in [0.3, 0.4) is 0 Å². The highest BCUT2D eigenvalue weighted by atomic mass is 79.9. The molecule has 1 fully saturated rings. The highest BCUT2D eigenvalue weighted by Crippen LogP contribution is 2.37. The van der Waals surface area contributed by atoms with Crippen LogP contribution >= 0.6 is 43.5 Å². The van der Waals surface area contributed by atoms with Gasteiger partial charge in [-0.25, -0.2) is 0 Å². The summed E-state index contributed by atoms with van der Waals surface area (Å²) in [6.07, 6.45) is 8.82. The van der Waals surface area contributed by atoms with Gasteiger partial charge in [0.15, 0.2) is 0 Å². The van der Waals surface area contributed by atoms with E-state index in [9.17, 15) is 0 Å². The molecule has 1 saturated carbocycles. The minimum Gasteiger partial charge on any atom is -0.492 e. The Balaban J connectivity index is 2.25. The zero-order valence-electron chi connectivity index (χ0n) is 12.3. The maximum absolute atomic E-state index is 6.19. The van der Waals surface area contributed by atoms with Crippen LogP contribution in [0.2, 0.25) is 0 Å². The summed E-state index contributed by atoms with van der Waals surface area (Å²) in [6, 6.07) is 4.20. The van der Waals surface area contributed by atoms with E-state index in [0.717, 1.165) is 14.7 Å². The fraction of sp³-hybridized carbons (Fsp3) is 0.529. The molecule has 116 valence electrons. The molecule has 0 heterocycles. The molecular formula is C17H21Br2ClO. The van der Waals surface area contributed by atoms with E-state index in [1.165, 1.54) is 43.2 Å². The molecule has 0 saturated heterocycles. The van der Waals surface area contributed by atoms with Gasteiger partial charge >= 0.3 is 0 Å². The van der Waals surface area contributed by atoms with Crippen LogP contribution in [0.4, 0.5) is 0 Å². The van der Waals surface area contributed by atoms with Crippen molar-refractivity contribution in [2.45, 2.75) is 39.0 Å². The molecule has 1 aromatic carbocycles. The second-order valence-electron chi connectivity index (χ2n) is 5.43. The van der Waals surface area contributed by atoms with Gasteiger partial charge in [-0.2, -0.15) is 0 Å². The standard InChI is InChI=1S/C17H21Br2ClO/c1-2-21-17-15(18)9-12(10-16(17)19)8-14(11-20)13-6-4-3-5-7-13/h8-10,13H,2-7,11H2,1H3/b14-8-. The number of benzene rings is 1. The highest BCUT2D eigenvalue weighted by molar-refractivity contribution is 9.11. The summed E-state index contributed by atoms with van der Waals surface area (Å²) >= 11 is 13.4. The molecule has 1 aliphatic rings. The molecule has 0 bridgehead atoms. The molecule has 0 radical (unpaired) electrons. The third kappa shape index (κ3) is 4.74. The Hall–Kier alpha value is 0.01000. The maximum Gasteiger partial charge on any atom is 0.147 e. The molecule has 0 N–H and O–H groups in total. The Morgan fingerprint density at radius 2 is 1.86 bits per heavy atom. The van der Waals surface area contributed by atoms with E-state index in [0.29, 0.717) is 18.4 Å². The minimum atomic E-state index is 0.618. The number of hydrogen-bond acceptors (Lipinski definition) is 1. The minimum absolute atomic E-state index is 0.618. The van der Waals surface area contributed by atoms with Gasteiger partial charge in [-0.05, 0) is 75.2 Å². The van der Waals surface area contributed by atoms with E-state index in [1.54, 1.807) is 0 Å². The van der Waals surface area contributed by atoms with E-state index in [2.05, 4.69) is 50.1 Å². The SMILES string of the molecule is CCOc1c(Br)cc(/C=C(/CCl)C2CCCCC2)cc1Br. The van der Waals surface area contributed by atoms with Gasteiger partial charge in [0, 0.05) is 5.88 Å². The smallest absolute Gasteiger partial charge is 0.147 e. The van der Waals surface area contributed by atoms with E-state index >= 15 is 0 Å². The molecule has 2 rings (SSSR count). The first-order chi connectivity index (χ1) is 10.2. The number of rotatable bonds is 5. The lowest BCUT2D eigenvalue weighted by molar-refractivity contribution is 0.336. The van der Waals surface area contributed by atoms with Crippen molar-refractivity contribution in [1.82, 2.24) is 0 Å². The van der Waals surface area contributed by atoms with Crippen molar-refractivity contribution in [2.75, 3.05) is 12.5 Å². The van der Waals surface area contributed by atoms with Crippen molar-refractivity contribution < 1.29 is 4.74 Å². The summed E-state index contributed by atoms with van der Waals surface area (Å²) in [6.45, 7) is 2.64. The van der Waals surface area contributed by atoms with Crippen LogP contribution < -0.4 is 4.74 Å². The summed E-state index contributed by atoms with van der Waals surface area (Å²) in [5.41, 5.74) is 2.53. The second-order valence-corrected chi connectivity index (χ2v) is 7.41. The van der Waals surface area contributed by atoms with Gasteiger partial charge in [0.25, 0.3) is 0 Å². The first kappa shape index (κ1) is 17.4. The fourth-order valence-corrected chi connectivity index (χ4v) is 4.64. The van der Waals surface area contributed by atoms with Crippen LogP contribution in [0.1, 0.15) is 44.6 Å². The van der Waals surface area contributed by atoms with Crippen molar-refractivity contribution in [2.24, 2.45) is 5.92 Å². The first-order valence-electron chi connectivity index (χ1n) is 7.54. The van der Waals surface area contributed by atoms with Crippen LogP contribution in [0.5, 0.6) is 5.75 Å². The monoisotopic (exact) mass is 434 g/mol. The molecule has 0 amide bonds. The average Bonchev–Trinajstić information content (AvgIpc) is 2.49. The van der Waals surface area contributed by atoms with E-state index in [4.69, 9.17) is 16.3 Å². The zero-order chi connectivity index (χ0) is 15.2. The quantitative estimate of drug-likeness (QED) is 0.461. The topological polar surface area (TPSA) is 9.23 Å². The normalized spacial score (nSPS) is 17.0. The molecular weight excluding hydrogens is 415 g/mol. The Morgan fingerprint density at radius 3 is 2.38 bits per heavy atom. The summed E-state index contributed by atoms with van der Waals surface area (Å²) in [4.78, 5) is 0. The molecule has 0 aliphatic heterocycles. The summed E-state index contributed by atoms with van der Waals surface area (Å²) in [5.74, 6) is 2.13. The fourth-order valence-electron chi connectivity index (χ4n) is 2.90. The van der Waals surface area contributed by atoms with Gasteiger partial charge in [-0.15, -0.1) is 11.6 Å². The van der Waals surface area contributed by atoms with Gasteiger partial charge in [0.1, 0.15) is 5.75 Å². The number of halogens is 3. The average molecular weight is 437 g/mol. The lowest BCUT2D eigenvalue weighted by Crippen LogP contribution is -2.10. The Kier molecular flexibility index (Phi) is 7.11. The predicted molar refractivity (Wildman–Crippen MR) is 98.3 cm³/mol.